The van der Waals surface area contributed by atoms with Crippen LogP contribution >= 0.6 is 0 Å². The van der Waals surface area contributed by atoms with Gasteiger partial charge in [0.25, 0.3) is 0 Å². The van der Waals surface area contributed by atoms with E-state index in [2.05, 4.69) is 30.9 Å². The summed E-state index contributed by atoms with van der Waals surface area (Å²) in [6.45, 7) is 2.52. The van der Waals surface area contributed by atoms with E-state index in [4.69, 9.17) is 9.47 Å². The number of carbonyl (C=O) groups is 1. The number of nitrogens with one attached hydrogen (secondary N) is 3. The van der Waals surface area contributed by atoms with Crippen molar-refractivity contribution in [1.29, 1.82) is 0 Å². The average molecular weight is 383 g/mol. The monoisotopic (exact) mass is 383 g/mol. The molecule has 0 saturated carbocycles. The minimum atomic E-state index is -0.323. The maximum absolute atomic E-state index is 12.7. The first-order chi connectivity index (χ1) is 13.6. The quantitative estimate of drug-likeness (QED) is 0.616. The molecule has 4 heterocycles. The molecule has 0 aliphatic carbocycles. The first kappa shape index (κ1) is 18.0. The lowest BCUT2D eigenvalue weighted by molar-refractivity contribution is 0.102. The van der Waals surface area contributed by atoms with Crippen LogP contribution in [-0.2, 0) is 11.3 Å². The van der Waals surface area contributed by atoms with Gasteiger partial charge >= 0.3 is 6.03 Å². The molecule has 1 amide bonds. The molecule has 146 valence electrons. The van der Waals surface area contributed by atoms with E-state index in [0.717, 1.165) is 11.4 Å². The second kappa shape index (κ2) is 7.31. The van der Waals surface area contributed by atoms with Crippen LogP contribution in [0.3, 0.4) is 0 Å². The summed E-state index contributed by atoms with van der Waals surface area (Å²) in [7, 11) is 3.37. The van der Waals surface area contributed by atoms with Crippen molar-refractivity contribution in [2.45, 2.75) is 19.6 Å². The van der Waals surface area contributed by atoms with E-state index < -0.39 is 0 Å². The van der Waals surface area contributed by atoms with E-state index in [1.165, 1.54) is 10.9 Å². The molecule has 4 rings (SSSR count). The summed E-state index contributed by atoms with van der Waals surface area (Å²) >= 11 is 0. The van der Waals surface area contributed by atoms with Crippen LogP contribution < -0.4 is 20.7 Å². The minimum Gasteiger partial charge on any atom is -0.493 e. The van der Waals surface area contributed by atoms with Crippen molar-refractivity contribution >= 4 is 34.4 Å². The van der Waals surface area contributed by atoms with E-state index in [1.54, 1.807) is 20.4 Å². The third-order valence-electron chi connectivity index (χ3n) is 4.39. The van der Waals surface area contributed by atoms with Crippen LogP contribution in [0, 0.1) is 0 Å². The standard InChI is InChI=1S/C18H21N7O3/c1-10-7-28-8-11-4-12(14(27-3)6-20-11)23-15-5-13(19-2)16-17(24-15)25(9-21-16)18(26)22-10/h4-6,9-10H,7-8H2,1-3H3,(H,22,26)(H2,19,23,24)/t10-/m1/s1. The molecule has 0 saturated heterocycles. The molecule has 10 heteroatoms. The van der Waals surface area contributed by atoms with Gasteiger partial charge < -0.3 is 25.4 Å². The summed E-state index contributed by atoms with van der Waals surface area (Å²) in [4.78, 5) is 26.0. The molecular formula is C18H21N7O3. The van der Waals surface area contributed by atoms with Gasteiger partial charge in [-0.1, -0.05) is 0 Å². The fraction of sp³-hybridized carbons (Fsp3) is 0.333. The molecule has 4 bridgehead atoms. The number of anilines is 3. The lowest BCUT2D eigenvalue weighted by Gasteiger charge is -2.17. The molecule has 0 aromatic carbocycles. The number of aromatic nitrogens is 4. The van der Waals surface area contributed by atoms with Crippen molar-refractivity contribution in [1.82, 2.24) is 24.8 Å². The fourth-order valence-corrected chi connectivity index (χ4v) is 3.02. The highest BCUT2D eigenvalue weighted by molar-refractivity contribution is 5.94. The van der Waals surface area contributed by atoms with Crippen LogP contribution in [-0.4, -0.2) is 52.4 Å². The number of fused-ring (bicyclic) bond motifs is 3. The zero-order valence-electron chi connectivity index (χ0n) is 15.8. The van der Waals surface area contributed by atoms with Gasteiger partial charge in [0.2, 0.25) is 0 Å². The highest BCUT2D eigenvalue weighted by Gasteiger charge is 2.18. The Balaban J connectivity index is 1.88. The van der Waals surface area contributed by atoms with Crippen LogP contribution in [0.5, 0.6) is 5.75 Å². The van der Waals surface area contributed by atoms with Gasteiger partial charge in [0, 0.05) is 13.1 Å². The fourth-order valence-electron chi connectivity index (χ4n) is 3.02. The van der Waals surface area contributed by atoms with E-state index in [0.29, 0.717) is 41.6 Å². The average Bonchev–Trinajstić information content (AvgIpc) is 3.11. The summed E-state index contributed by atoms with van der Waals surface area (Å²) in [5.41, 5.74) is 3.21. The van der Waals surface area contributed by atoms with Gasteiger partial charge in [-0.3, -0.25) is 4.98 Å². The molecule has 1 aliphatic heterocycles. The smallest absolute Gasteiger partial charge is 0.328 e. The van der Waals surface area contributed by atoms with Crippen LogP contribution in [0.25, 0.3) is 11.2 Å². The Morgan fingerprint density at radius 2 is 2.21 bits per heavy atom. The summed E-state index contributed by atoms with van der Waals surface area (Å²) in [5, 5.41) is 9.23. The van der Waals surface area contributed by atoms with Gasteiger partial charge in [-0.05, 0) is 13.0 Å². The van der Waals surface area contributed by atoms with Crippen molar-refractivity contribution < 1.29 is 14.3 Å². The Morgan fingerprint density at radius 1 is 1.36 bits per heavy atom. The van der Waals surface area contributed by atoms with Crippen LogP contribution in [0.4, 0.5) is 22.0 Å². The number of amides is 1. The minimum absolute atomic E-state index is 0.198. The molecule has 3 aromatic rings. The van der Waals surface area contributed by atoms with Crippen LogP contribution in [0.15, 0.2) is 24.7 Å². The number of carbonyl (C=O) groups excluding carboxylic acids is 1. The van der Waals surface area contributed by atoms with Gasteiger partial charge in [-0.15, -0.1) is 0 Å². The predicted molar refractivity (Wildman–Crippen MR) is 104 cm³/mol. The molecule has 0 fully saturated rings. The highest BCUT2D eigenvalue weighted by atomic mass is 16.5. The SMILES string of the molecule is CNc1cc2nc3c1ncn3C(=O)N[C@H](C)COCc1cc(c(OC)cn1)N2. The van der Waals surface area contributed by atoms with E-state index in [-0.39, 0.29) is 12.1 Å². The normalized spacial score (nSPS) is 17.0. The second-order valence-electron chi connectivity index (χ2n) is 6.46. The first-order valence-corrected chi connectivity index (χ1v) is 8.83. The number of hydrogen-bond donors (Lipinski definition) is 3. The third kappa shape index (κ3) is 3.29. The van der Waals surface area contributed by atoms with E-state index >= 15 is 0 Å². The van der Waals surface area contributed by atoms with Crippen molar-refractivity contribution in [3.05, 3.63) is 30.4 Å². The number of methoxy groups -OCH3 is 1. The van der Waals surface area contributed by atoms with Gasteiger partial charge in [-0.2, -0.15) is 0 Å². The molecule has 28 heavy (non-hydrogen) atoms. The first-order valence-electron chi connectivity index (χ1n) is 8.83. The van der Waals surface area contributed by atoms with Gasteiger partial charge in [-0.25, -0.2) is 19.3 Å². The Labute approximate surface area is 161 Å². The number of hydrogen-bond acceptors (Lipinski definition) is 8. The highest BCUT2D eigenvalue weighted by Crippen LogP contribution is 2.30. The zero-order valence-corrected chi connectivity index (χ0v) is 15.8. The molecule has 0 radical (unpaired) electrons. The van der Waals surface area contributed by atoms with Crippen LogP contribution in [0.2, 0.25) is 0 Å². The molecule has 3 N–H and O–H groups in total. The Morgan fingerprint density at radius 3 is 3.00 bits per heavy atom. The van der Waals surface area contributed by atoms with E-state index in [1.807, 2.05) is 19.1 Å². The molecule has 1 atom stereocenters. The topological polar surface area (TPSA) is 115 Å². The number of pyridine rings is 2. The molecule has 0 spiro atoms. The largest absolute Gasteiger partial charge is 0.493 e. The molecule has 0 unspecified atom stereocenters. The molecular weight excluding hydrogens is 362 g/mol. The number of imidazole rings is 1. The number of nitrogens with zero attached hydrogens (tertiary/aromatic N) is 4. The zero-order chi connectivity index (χ0) is 19.7. The number of ether oxygens (including phenoxy) is 2. The van der Waals surface area contributed by atoms with Gasteiger partial charge in [0.05, 0.1) is 49.6 Å². The molecule has 1 aliphatic rings. The molecule has 10 nitrogen and oxygen atoms in total. The Bertz CT molecular complexity index is 1030. The van der Waals surface area contributed by atoms with E-state index in [9.17, 15) is 4.79 Å². The van der Waals surface area contributed by atoms with Crippen LogP contribution in [0.1, 0.15) is 12.6 Å². The maximum atomic E-state index is 12.7. The Kier molecular flexibility index (Phi) is 4.70. The van der Waals surface area contributed by atoms with Crippen molar-refractivity contribution in [3.8, 4) is 5.75 Å². The van der Waals surface area contributed by atoms with Crippen molar-refractivity contribution in [2.75, 3.05) is 31.4 Å². The predicted octanol–water partition coefficient (Wildman–Crippen LogP) is 2.10. The van der Waals surface area contributed by atoms with Crippen molar-refractivity contribution in [3.63, 3.8) is 0 Å². The maximum Gasteiger partial charge on any atom is 0.328 e. The summed E-state index contributed by atoms with van der Waals surface area (Å²) in [5.74, 6) is 1.11. The summed E-state index contributed by atoms with van der Waals surface area (Å²) in [6.07, 6.45) is 3.10. The lowest BCUT2D eigenvalue weighted by atomic mass is 10.2. The number of rotatable bonds is 2. The second-order valence-corrected chi connectivity index (χ2v) is 6.46. The molecule has 3 aromatic heterocycles. The Hall–Kier alpha value is -3.40. The van der Waals surface area contributed by atoms with Gasteiger partial charge in [0.1, 0.15) is 17.7 Å². The third-order valence-corrected chi connectivity index (χ3v) is 4.39. The summed E-state index contributed by atoms with van der Waals surface area (Å²) in [6, 6.07) is 3.16. The van der Waals surface area contributed by atoms with Gasteiger partial charge in [0.15, 0.2) is 11.4 Å². The van der Waals surface area contributed by atoms with Crippen molar-refractivity contribution in [2.24, 2.45) is 0 Å². The lowest BCUT2D eigenvalue weighted by Crippen LogP contribution is -2.38. The summed E-state index contributed by atoms with van der Waals surface area (Å²) < 4.78 is 12.5.